The lowest BCUT2D eigenvalue weighted by molar-refractivity contribution is -0.129. The summed E-state index contributed by atoms with van der Waals surface area (Å²) in [5.41, 5.74) is 0. The van der Waals surface area contributed by atoms with E-state index in [4.69, 9.17) is 0 Å². The molecule has 3 nitrogen and oxygen atoms in total. The molecule has 2 heterocycles. The van der Waals surface area contributed by atoms with Crippen molar-refractivity contribution in [3.05, 3.63) is 6.42 Å². The van der Waals surface area contributed by atoms with Crippen LogP contribution in [0.1, 0.15) is 12.8 Å². The second-order valence-electron chi connectivity index (χ2n) is 3.07. The number of piperidine rings is 1. The zero-order chi connectivity index (χ0) is 7.68. The number of fused-ring (bicyclic) bond motifs is 1. The van der Waals surface area contributed by atoms with Crippen molar-refractivity contribution in [3.8, 4) is 0 Å². The summed E-state index contributed by atoms with van der Waals surface area (Å²) in [4.78, 5) is 13.4. The van der Waals surface area contributed by atoms with Gasteiger partial charge in [0.15, 0.2) is 0 Å². The topological polar surface area (TPSA) is 32.3 Å². The van der Waals surface area contributed by atoms with Gasteiger partial charge in [0.2, 0.25) is 5.91 Å². The van der Waals surface area contributed by atoms with E-state index < -0.39 is 0 Å². The summed E-state index contributed by atoms with van der Waals surface area (Å²) in [5.74, 6) is 0.206. The van der Waals surface area contributed by atoms with Gasteiger partial charge in [-0.2, -0.15) is 0 Å². The van der Waals surface area contributed by atoms with E-state index in [0.717, 1.165) is 32.5 Å². The molecular formula is C8H12N2O. The summed E-state index contributed by atoms with van der Waals surface area (Å²) >= 11 is 0. The molecule has 0 saturated carbocycles. The molecule has 1 N–H and O–H groups in total. The van der Waals surface area contributed by atoms with Crippen LogP contribution in [0.4, 0.5) is 0 Å². The quantitative estimate of drug-likeness (QED) is 0.515. The lowest BCUT2D eigenvalue weighted by Gasteiger charge is -2.37. The van der Waals surface area contributed by atoms with Crippen molar-refractivity contribution in [2.75, 3.05) is 19.6 Å². The van der Waals surface area contributed by atoms with Crippen LogP contribution in [0.5, 0.6) is 0 Å². The highest BCUT2D eigenvalue weighted by atomic mass is 16.2. The number of carbonyl (C=O) groups is 1. The Hall–Kier alpha value is -0.570. The van der Waals surface area contributed by atoms with Gasteiger partial charge in [0, 0.05) is 19.6 Å². The summed E-state index contributed by atoms with van der Waals surface area (Å²) in [7, 11) is 0. The molecule has 2 fully saturated rings. The van der Waals surface area contributed by atoms with Crippen LogP contribution in [0.2, 0.25) is 0 Å². The number of hydrogen-bond acceptors (Lipinski definition) is 2. The summed E-state index contributed by atoms with van der Waals surface area (Å²) in [6.07, 6.45) is 5.17. The third-order valence-electron chi connectivity index (χ3n) is 2.35. The summed E-state index contributed by atoms with van der Waals surface area (Å²) in [5, 5.41) is 2.87. The maximum absolute atomic E-state index is 11.2. The first-order valence-corrected chi connectivity index (χ1v) is 4.10. The van der Waals surface area contributed by atoms with Crippen molar-refractivity contribution < 1.29 is 4.79 Å². The maximum atomic E-state index is 11.2. The van der Waals surface area contributed by atoms with E-state index in [0.29, 0.717) is 0 Å². The van der Waals surface area contributed by atoms with Crippen LogP contribution in [-0.2, 0) is 4.79 Å². The number of carbonyl (C=O) groups excluding carboxylic acids is 1. The number of nitrogens with one attached hydrogen (secondary N) is 1. The molecule has 2 radical (unpaired) electrons. The lowest BCUT2D eigenvalue weighted by atomic mass is 10.00. The average molecular weight is 152 g/mol. The number of amides is 1. The van der Waals surface area contributed by atoms with Crippen LogP contribution in [0.25, 0.3) is 0 Å². The Balaban J connectivity index is 2.05. The van der Waals surface area contributed by atoms with Crippen molar-refractivity contribution >= 4 is 5.91 Å². The first kappa shape index (κ1) is 7.10. The minimum absolute atomic E-state index is 0.144. The Kier molecular flexibility index (Phi) is 1.82. The SMILES string of the molecule is O=C1NCCN2C[C]CCC12. The van der Waals surface area contributed by atoms with E-state index in [-0.39, 0.29) is 11.9 Å². The van der Waals surface area contributed by atoms with Gasteiger partial charge in [-0.15, -0.1) is 0 Å². The molecule has 3 heteroatoms. The van der Waals surface area contributed by atoms with Crippen LogP contribution in [0.15, 0.2) is 0 Å². The second-order valence-corrected chi connectivity index (χ2v) is 3.07. The zero-order valence-electron chi connectivity index (χ0n) is 6.47. The van der Waals surface area contributed by atoms with Crippen molar-refractivity contribution in [2.45, 2.75) is 18.9 Å². The van der Waals surface area contributed by atoms with E-state index in [2.05, 4.69) is 16.6 Å². The summed E-state index contributed by atoms with van der Waals surface area (Å²) in [6.45, 7) is 2.67. The molecule has 2 saturated heterocycles. The zero-order valence-corrected chi connectivity index (χ0v) is 6.47. The maximum Gasteiger partial charge on any atom is 0.237 e. The fourth-order valence-electron chi connectivity index (χ4n) is 1.73. The third-order valence-corrected chi connectivity index (χ3v) is 2.35. The summed E-state index contributed by atoms with van der Waals surface area (Å²) < 4.78 is 0. The monoisotopic (exact) mass is 152 g/mol. The summed E-state index contributed by atoms with van der Waals surface area (Å²) in [6, 6.07) is 0.144. The highest BCUT2D eigenvalue weighted by Gasteiger charge is 2.31. The Labute approximate surface area is 66.8 Å². The Morgan fingerprint density at radius 1 is 1.64 bits per heavy atom. The number of rotatable bonds is 0. The highest BCUT2D eigenvalue weighted by Crippen LogP contribution is 2.17. The van der Waals surface area contributed by atoms with E-state index in [9.17, 15) is 4.79 Å². The largest absolute Gasteiger partial charge is 0.353 e. The van der Waals surface area contributed by atoms with Crippen LogP contribution in [-0.4, -0.2) is 36.5 Å². The highest BCUT2D eigenvalue weighted by molar-refractivity contribution is 5.82. The molecule has 0 aromatic heterocycles. The molecular weight excluding hydrogens is 140 g/mol. The van der Waals surface area contributed by atoms with Crippen molar-refractivity contribution in [3.63, 3.8) is 0 Å². The molecule has 2 aliphatic rings. The minimum Gasteiger partial charge on any atom is -0.353 e. The van der Waals surface area contributed by atoms with Crippen LogP contribution >= 0.6 is 0 Å². The smallest absolute Gasteiger partial charge is 0.237 e. The standard InChI is InChI=1S/C8H12N2O/c11-8-7-3-1-2-5-10(7)6-4-9-8/h7H,1,3-6H2,(H,9,11). The van der Waals surface area contributed by atoms with Gasteiger partial charge >= 0.3 is 0 Å². The van der Waals surface area contributed by atoms with Crippen LogP contribution in [0.3, 0.4) is 0 Å². The molecule has 2 rings (SSSR count). The van der Waals surface area contributed by atoms with Crippen molar-refractivity contribution in [1.29, 1.82) is 0 Å². The second kappa shape index (κ2) is 2.81. The molecule has 0 aromatic rings. The fourth-order valence-corrected chi connectivity index (χ4v) is 1.73. The number of hydrogen-bond donors (Lipinski definition) is 1. The lowest BCUT2D eigenvalue weighted by Crippen LogP contribution is -2.56. The van der Waals surface area contributed by atoms with E-state index in [1.165, 1.54) is 0 Å². The molecule has 11 heavy (non-hydrogen) atoms. The minimum atomic E-state index is 0.144. The normalized spacial score (nSPS) is 32.7. The molecule has 1 atom stereocenters. The van der Waals surface area contributed by atoms with Gasteiger partial charge < -0.3 is 5.32 Å². The first-order chi connectivity index (χ1) is 5.38. The van der Waals surface area contributed by atoms with Crippen molar-refractivity contribution in [2.24, 2.45) is 0 Å². The molecule has 0 spiro atoms. The Morgan fingerprint density at radius 3 is 3.36 bits per heavy atom. The molecule has 1 unspecified atom stereocenters. The molecule has 0 aliphatic carbocycles. The van der Waals surface area contributed by atoms with Gasteiger partial charge in [0.1, 0.15) is 0 Å². The van der Waals surface area contributed by atoms with Crippen molar-refractivity contribution in [1.82, 2.24) is 10.2 Å². The van der Waals surface area contributed by atoms with E-state index in [1.54, 1.807) is 0 Å². The Morgan fingerprint density at radius 2 is 2.55 bits per heavy atom. The first-order valence-electron chi connectivity index (χ1n) is 4.10. The van der Waals surface area contributed by atoms with Crippen LogP contribution in [0, 0.1) is 6.42 Å². The van der Waals surface area contributed by atoms with Crippen LogP contribution < -0.4 is 5.32 Å². The van der Waals surface area contributed by atoms with Gasteiger partial charge in [-0.25, -0.2) is 0 Å². The molecule has 60 valence electrons. The average Bonchev–Trinajstić information content (AvgIpc) is 2.06. The third kappa shape index (κ3) is 1.25. The van der Waals surface area contributed by atoms with Gasteiger partial charge in [-0.3, -0.25) is 9.69 Å². The predicted octanol–water partition coefficient (Wildman–Crippen LogP) is -0.338. The molecule has 1 amide bonds. The molecule has 0 aromatic carbocycles. The fraction of sp³-hybridized carbons (Fsp3) is 0.750. The van der Waals surface area contributed by atoms with Gasteiger partial charge in [-0.1, -0.05) is 0 Å². The van der Waals surface area contributed by atoms with Gasteiger partial charge in [0.05, 0.1) is 6.04 Å². The Bertz CT molecular complexity index is 167. The van der Waals surface area contributed by atoms with Gasteiger partial charge in [0.25, 0.3) is 0 Å². The predicted molar refractivity (Wildman–Crippen MR) is 40.8 cm³/mol. The van der Waals surface area contributed by atoms with E-state index >= 15 is 0 Å². The number of nitrogens with zero attached hydrogens (tertiary/aromatic N) is 1. The molecule has 0 bridgehead atoms. The molecule has 2 aliphatic heterocycles. The number of piperazine rings is 1. The van der Waals surface area contributed by atoms with Gasteiger partial charge in [-0.05, 0) is 19.3 Å². The van der Waals surface area contributed by atoms with E-state index in [1.807, 2.05) is 0 Å².